The SMILES string of the molecule is Cc1ccc(-n2c(C)cc(C(=O)OCC(=O)N[C@@H](C)c3cccc(Cl)c3)c2C)cc1. The number of esters is 1. The second-order valence-electron chi connectivity index (χ2n) is 7.38. The van der Waals surface area contributed by atoms with E-state index in [1.165, 1.54) is 5.56 Å². The predicted octanol–water partition coefficient (Wildman–Crippen LogP) is 5.09. The van der Waals surface area contributed by atoms with Gasteiger partial charge in [0, 0.05) is 22.1 Å². The Morgan fingerprint density at radius 2 is 1.77 bits per heavy atom. The molecule has 1 heterocycles. The molecule has 30 heavy (non-hydrogen) atoms. The highest BCUT2D eigenvalue weighted by Gasteiger charge is 2.19. The van der Waals surface area contributed by atoms with Crippen molar-refractivity contribution in [3.05, 3.63) is 87.7 Å². The van der Waals surface area contributed by atoms with Crippen LogP contribution >= 0.6 is 11.6 Å². The standard InChI is InChI=1S/C24H25ClN2O3/c1-15-8-10-21(11-9-15)27-16(2)12-22(18(27)4)24(29)30-14-23(28)26-17(3)19-6-5-7-20(25)13-19/h5-13,17H,14H2,1-4H3,(H,26,28)/t17-/m0/s1. The molecule has 5 nitrogen and oxygen atoms in total. The van der Waals surface area contributed by atoms with Gasteiger partial charge < -0.3 is 14.6 Å². The van der Waals surface area contributed by atoms with E-state index in [1.807, 2.05) is 68.7 Å². The van der Waals surface area contributed by atoms with Gasteiger partial charge in [-0.05, 0) is 63.6 Å². The minimum Gasteiger partial charge on any atom is -0.452 e. The average molecular weight is 425 g/mol. The molecule has 156 valence electrons. The summed E-state index contributed by atoms with van der Waals surface area (Å²) in [5.41, 5.74) is 5.16. The molecule has 1 aromatic heterocycles. The maximum Gasteiger partial charge on any atom is 0.340 e. The molecule has 0 unspecified atom stereocenters. The van der Waals surface area contributed by atoms with Crippen molar-refractivity contribution in [2.75, 3.05) is 6.61 Å². The van der Waals surface area contributed by atoms with Crippen LogP contribution in [0.1, 0.15) is 45.8 Å². The van der Waals surface area contributed by atoms with Crippen LogP contribution in [0.2, 0.25) is 5.02 Å². The maximum atomic E-state index is 12.6. The quantitative estimate of drug-likeness (QED) is 0.560. The molecule has 0 saturated carbocycles. The van der Waals surface area contributed by atoms with Gasteiger partial charge in [-0.2, -0.15) is 0 Å². The first-order valence-corrected chi connectivity index (χ1v) is 10.1. The molecule has 1 amide bonds. The van der Waals surface area contributed by atoms with Crippen LogP contribution in [-0.2, 0) is 9.53 Å². The first kappa shape index (κ1) is 21.7. The fourth-order valence-corrected chi connectivity index (χ4v) is 3.61. The van der Waals surface area contributed by atoms with Crippen molar-refractivity contribution in [2.45, 2.75) is 33.7 Å². The zero-order valence-electron chi connectivity index (χ0n) is 17.5. The average Bonchev–Trinajstić information content (AvgIpc) is 3.01. The molecular formula is C24H25ClN2O3. The molecule has 0 fully saturated rings. The van der Waals surface area contributed by atoms with Crippen molar-refractivity contribution in [2.24, 2.45) is 0 Å². The molecule has 0 saturated heterocycles. The lowest BCUT2D eigenvalue weighted by molar-refractivity contribution is -0.124. The Morgan fingerprint density at radius 3 is 2.43 bits per heavy atom. The minimum absolute atomic E-state index is 0.249. The number of amides is 1. The summed E-state index contributed by atoms with van der Waals surface area (Å²) in [6.07, 6.45) is 0. The van der Waals surface area contributed by atoms with E-state index in [-0.39, 0.29) is 18.6 Å². The molecule has 2 aromatic carbocycles. The topological polar surface area (TPSA) is 60.3 Å². The minimum atomic E-state index is -0.521. The van der Waals surface area contributed by atoms with Crippen LogP contribution in [0.4, 0.5) is 0 Å². The fraction of sp³-hybridized carbons (Fsp3) is 0.250. The Balaban J connectivity index is 1.64. The zero-order chi connectivity index (χ0) is 21.8. The Labute approximate surface area is 181 Å². The van der Waals surface area contributed by atoms with Crippen molar-refractivity contribution in [1.29, 1.82) is 0 Å². The van der Waals surface area contributed by atoms with E-state index >= 15 is 0 Å². The number of carbonyl (C=O) groups excluding carboxylic acids is 2. The van der Waals surface area contributed by atoms with Gasteiger partial charge >= 0.3 is 5.97 Å². The van der Waals surface area contributed by atoms with Crippen LogP contribution in [0.3, 0.4) is 0 Å². The summed E-state index contributed by atoms with van der Waals surface area (Å²) in [6, 6.07) is 16.9. The summed E-state index contributed by atoms with van der Waals surface area (Å²) < 4.78 is 7.26. The van der Waals surface area contributed by atoms with Crippen LogP contribution in [0, 0.1) is 20.8 Å². The van der Waals surface area contributed by atoms with Gasteiger partial charge in [0.1, 0.15) is 0 Å². The van der Waals surface area contributed by atoms with Gasteiger partial charge in [0.05, 0.1) is 11.6 Å². The smallest absolute Gasteiger partial charge is 0.340 e. The molecular weight excluding hydrogens is 400 g/mol. The highest BCUT2D eigenvalue weighted by Crippen LogP contribution is 2.22. The van der Waals surface area contributed by atoms with Crippen LogP contribution in [0.15, 0.2) is 54.6 Å². The third-order valence-corrected chi connectivity index (χ3v) is 5.24. The molecule has 0 aliphatic carbocycles. The van der Waals surface area contributed by atoms with Gasteiger partial charge in [-0.15, -0.1) is 0 Å². The number of aryl methyl sites for hydroxylation is 2. The van der Waals surface area contributed by atoms with Crippen LogP contribution < -0.4 is 5.32 Å². The van der Waals surface area contributed by atoms with E-state index in [9.17, 15) is 9.59 Å². The van der Waals surface area contributed by atoms with Crippen molar-refractivity contribution in [1.82, 2.24) is 9.88 Å². The van der Waals surface area contributed by atoms with Crippen LogP contribution in [0.5, 0.6) is 0 Å². The van der Waals surface area contributed by atoms with Crippen LogP contribution in [-0.4, -0.2) is 23.1 Å². The largest absolute Gasteiger partial charge is 0.452 e. The number of halogens is 1. The number of nitrogens with one attached hydrogen (secondary N) is 1. The number of ether oxygens (including phenoxy) is 1. The highest BCUT2D eigenvalue weighted by atomic mass is 35.5. The second-order valence-corrected chi connectivity index (χ2v) is 7.81. The second kappa shape index (κ2) is 9.18. The Morgan fingerprint density at radius 1 is 1.07 bits per heavy atom. The first-order valence-electron chi connectivity index (χ1n) is 9.74. The molecule has 3 aromatic rings. The predicted molar refractivity (Wildman–Crippen MR) is 118 cm³/mol. The number of aromatic nitrogens is 1. The normalized spacial score (nSPS) is 11.8. The molecule has 0 aliphatic heterocycles. The molecule has 1 N–H and O–H groups in total. The van der Waals surface area contributed by atoms with Gasteiger partial charge in [-0.1, -0.05) is 41.4 Å². The van der Waals surface area contributed by atoms with E-state index < -0.39 is 5.97 Å². The fourth-order valence-electron chi connectivity index (χ4n) is 3.41. The monoisotopic (exact) mass is 424 g/mol. The Kier molecular flexibility index (Phi) is 6.63. The molecule has 6 heteroatoms. The Bertz CT molecular complexity index is 1070. The van der Waals surface area contributed by atoms with Crippen molar-refractivity contribution >= 4 is 23.5 Å². The van der Waals surface area contributed by atoms with Gasteiger partial charge in [0.2, 0.25) is 0 Å². The summed E-state index contributed by atoms with van der Waals surface area (Å²) in [7, 11) is 0. The van der Waals surface area contributed by atoms with E-state index in [1.54, 1.807) is 18.2 Å². The maximum absolute atomic E-state index is 12.6. The molecule has 0 aliphatic rings. The number of hydrogen-bond acceptors (Lipinski definition) is 3. The lowest BCUT2D eigenvalue weighted by Crippen LogP contribution is -2.31. The highest BCUT2D eigenvalue weighted by molar-refractivity contribution is 6.30. The molecule has 0 bridgehead atoms. The van der Waals surface area contributed by atoms with E-state index in [4.69, 9.17) is 16.3 Å². The Hall–Kier alpha value is -3.05. The lowest BCUT2D eigenvalue weighted by atomic mass is 10.1. The summed E-state index contributed by atoms with van der Waals surface area (Å²) in [5, 5.41) is 3.41. The van der Waals surface area contributed by atoms with Crippen molar-refractivity contribution < 1.29 is 14.3 Å². The van der Waals surface area contributed by atoms with E-state index in [2.05, 4.69) is 5.32 Å². The number of hydrogen-bond donors (Lipinski definition) is 1. The molecule has 0 spiro atoms. The molecule has 3 rings (SSSR count). The zero-order valence-corrected chi connectivity index (χ0v) is 18.3. The molecule has 1 atom stereocenters. The summed E-state index contributed by atoms with van der Waals surface area (Å²) >= 11 is 5.99. The number of carbonyl (C=O) groups is 2. The lowest BCUT2D eigenvalue weighted by Gasteiger charge is -2.14. The van der Waals surface area contributed by atoms with Crippen LogP contribution in [0.25, 0.3) is 5.69 Å². The summed E-state index contributed by atoms with van der Waals surface area (Å²) in [4.78, 5) is 24.8. The number of nitrogens with zero attached hydrogens (tertiary/aromatic N) is 1. The van der Waals surface area contributed by atoms with Crippen molar-refractivity contribution in [3.8, 4) is 5.69 Å². The van der Waals surface area contributed by atoms with Crippen molar-refractivity contribution in [3.63, 3.8) is 0 Å². The van der Waals surface area contributed by atoms with E-state index in [0.29, 0.717) is 10.6 Å². The van der Waals surface area contributed by atoms with E-state index in [0.717, 1.165) is 22.6 Å². The van der Waals surface area contributed by atoms with Gasteiger partial charge in [-0.25, -0.2) is 4.79 Å². The molecule has 0 radical (unpaired) electrons. The van der Waals surface area contributed by atoms with Gasteiger partial charge in [0.25, 0.3) is 5.91 Å². The van der Waals surface area contributed by atoms with Gasteiger partial charge in [0.15, 0.2) is 6.61 Å². The first-order chi connectivity index (χ1) is 14.3. The third-order valence-electron chi connectivity index (χ3n) is 5.00. The number of rotatable bonds is 6. The summed E-state index contributed by atoms with van der Waals surface area (Å²) in [5.74, 6) is -0.893. The third kappa shape index (κ3) is 4.92. The summed E-state index contributed by atoms with van der Waals surface area (Å²) in [6.45, 7) is 7.33. The number of benzene rings is 2. The van der Waals surface area contributed by atoms with Gasteiger partial charge in [-0.3, -0.25) is 4.79 Å².